The zero-order chi connectivity index (χ0) is 23.4. The molecule has 1 saturated carbocycles. The number of para-hydroxylation sites is 1. The van der Waals surface area contributed by atoms with Crippen LogP contribution in [-0.2, 0) is 20.9 Å². The summed E-state index contributed by atoms with van der Waals surface area (Å²) in [4.78, 5) is 26.4. The van der Waals surface area contributed by atoms with Crippen molar-refractivity contribution in [2.75, 3.05) is 6.61 Å². The van der Waals surface area contributed by atoms with E-state index < -0.39 is 11.9 Å². The number of carbonyl (C=O) groups excluding carboxylic acids is 2. The zero-order valence-electron chi connectivity index (χ0n) is 19.3. The Morgan fingerprint density at radius 1 is 0.970 bits per heavy atom. The number of hydrogen-bond donors (Lipinski definition) is 2. The van der Waals surface area contributed by atoms with Crippen molar-refractivity contribution < 1.29 is 19.1 Å². The highest BCUT2D eigenvalue weighted by Crippen LogP contribution is 2.42. The van der Waals surface area contributed by atoms with Crippen molar-refractivity contribution in [3.8, 4) is 5.75 Å². The van der Waals surface area contributed by atoms with Gasteiger partial charge in [0.1, 0.15) is 12.4 Å². The molecule has 2 aliphatic rings. The smallest absolute Gasteiger partial charge is 0.336 e. The molecule has 1 aliphatic carbocycles. The maximum atomic E-state index is 13.3. The Morgan fingerprint density at radius 3 is 2.33 bits per heavy atom. The molecule has 0 saturated heterocycles. The van der Waals surface area contributed by atoms with Crippen molar-refractivity contribution >= 4 is 11.9 Å². The molecule has 4 rings (SSSR count). The molecular weight excluding hydrogens is 416 g/mol. The van der Waals surface area contributed by atoms with Crippen LogP contribution in [0.3, 0.4) is 0 Å². The molecule has 2 aromatic carbocycles. The third-order valence-corrected chi connectivity index (χ3v) is 5.88. The number of benzene rings is 2. The van der Waals surface area contributed by atoms with Gasteiger partial charge in [0.2, 0.25) is 5.91 Å². The molecule has 172 valence electrons. The van der Waals surface area contributed by atoms with Crippen LogP contribution >= 0.6 is 0 Å². The van der Waals surface area contributed by atoms with Gasteiger partial charge in [0.05, 0.1) is 18.1 Å². The first-order chi connectivity index (χ1) is 16.0. The molecule has 0 radical (unpaired) electrons. The lowest BCUT2D eigenvalue weighted by molar-refractivity contribution is -0.138. The van der Waals surface area contributed by atoms with E-state index in [1.165, 1.54) is 0 Å². The number of hydrogen-bond acceptors (Lipinski definition) is 5. The quantitative estimate of drug-likeness (QED) is 0.590. The second-order valence-corrected chi connectivity index (χ2v) is 8.42. The molecule has 6 heteroatoms. The van der Waals surface area contributed by atoms with Crippen LogP contribution in [0.25, 0.3) is 0 Å². The lowest BCUT2D eigenvalue weighted by atomic mass is 9.79. The Labute approximate surface area is 194 Å². The largest absolute Gasteiger partial charge is 0.489 e. The summed E-state index contributed by atoms with van der Waals surface area (Å²) >= 11 is 0. The fourth-order valence-electron chi connectivity index (χ4n) is 4.16. The third kappa shape index (κ3) is 5.11. The fraction of sp³-hybridized carbons (Fsp3) is 0.333. The van der Waals surface area contributed by atoms with Crippen molar-refractivity contribution in [3.63, 3.8) is 0 Å². The van der Waals surface area contributed by atoms with Crippen LogP contribution in [0.4, 0.5) is 0 Å². The molecule has 0 spiro atoms. The minimum Gasteiger partial charge on any atom is -0.489 e. The number of rotatable bonds is 8. The summed E-state index contributed by atoms with van der Waals surface area (Å²) in [5, 5.41) is 6.31. The Hall–Kier alpha value is -3.54. The summed E-state index contributed by atoms with van der Waals surface area (Å²) in [7, 11) is 0. The van der Waals surface area contributed by atoms with Crippen LogP contribution in [0, 0.1) is 0 Å². The first kappa shape index (κ1) is 22.6. The lowest BCUT2D eigenvalue weighted by Crippen LogP contribution is -2.37. The van der Waals surface area contributed by atoms with Gasteiger partial charge in [0, 0.05) is 28.6 Å². The molecule has 2 aromatic rings. The van der Waals surface area contributed by atoms with Crippen LogP contribution in [0.15, 0.2) is 77.1 Å². The SMILES string of the molecule is CCOC(=O)C1=C(C)NC(C)=C(C(=O)NC2CC2)C1c1ccccc1OCc1ccccc1. The molecule has 1 heterocycles. The first-order valence-electron chi connectivity index (χ1n) is 11.4. The van der Waals surface area contributed by atoms with Gasteiger partial charge in [0.25, 0.3) is 0 Å². The van der Waals surface area contributed by atoms with Gasteiger partial charge in [-0.25, -0.2) is 4.79 Å². The molecule has 0 bridgehead atoms. The van der Waals surface area contributed by atoms with Crippen molar-refractivity contribution in [1.82, 2.24) is 10.6 Å². The number of ether oxygens (including phenoxy) is 2. The second-order valence-electron chi connectivity index (χ2n) is 8.42. The molecule has 2 N–H and O–H groups in total. The molecule has 1 unspecified atom stereocenters. The molecule has 1 atom stereocenters. The van der Waals surface area contributed by atoms with Crippen LogP contribution in [0.5, 0.6) is 5.75 Å². The summed E-state index contributed by atoms with van der Waals surface area (Å²) < 4.78 is 11.6. The van der Waals surface area contributed by atoms with Crippen LogP contribution in [0.1, 0.15) is 50.7 Å². The van der Waals surface area contributed by atoms with Gasteiger partial charge in [-0.2, -0.15) is 0 Å². The van der Waals surface area contributed by atoms with E-state index in [1.54, 1.807) is 6.92 Å². The van der Waals surface area contributed by atoms with Crippen molar-refractivity contribution in [3.05, 3.63) is 88.3 Å². The highest BCUT2D eigenvalue weighted by atomic mass is 16.5. The third-order valence-electron chi connectivity index (χ3n) is 5.88. The summed E-state index contributed by atoms with van der Waals surface area (Å²) in [5.74, 6) is -0.572. The van der Waals surface area contributed by atoms with Gasteiger partial charge in [-0.3, -0.25) is 4.79 Å². The van der Waals surface area contributed by atoms with E-state index in [-0.39, 0.29) is 18.6 Å². The van der Waals surface area contributed by atoms with Gasteiger partial charge in [0.15, 0.2) is 0 Å². The Morgan fingerprint density at radius 2 is 1.64 bits per heavy atom. The van der Waals surface area contributed by atoms with Gasteiger partial charge in [-0.05, 0) is 45.2 Å². The fourth-order valence-corrected chi connectivity index (χ4v) is 4.16. The number of nitrogens with one attached hydrogen (secondary N) is 2. The van der Waals surface area contributed by atoms with E-state index in [2.05, 4.69) is 10.6 Å². The van der Waals surface area contributed by atoms with Gasteiger partial charge in [-0.1, -0.05) is 48.5 Å². The minimum atomic E-state index is -0.601. The van der Waals surface area contributed by atoms with Gasteiger partial charge >= 0.3 is 5.97 Å². The summed E-state index contributed by atoms with van der Waals surface area (Å²) in [6, 6.07) is 17.7. The normalized spacial score (nSPS) is 18.0. The maximum absolute atomic E-state index is 13.3. The van der Waals surface area contributed by atoms with Gasteiger partial charge < -0.3 is 20.1 Å². The Kier molecular flexibility index (Phi) is 6.82. The predicted molar refractivity (Wildman–Crippen MR) is 126 cm³/mol. The highest BCUT2D eigenvalue weighted by molar-refractivity contribution is 6.02. The Bertz CT molecular complexity index is 1100. The number of dihydropyridines is 1. The average Bonchev–Trinajstić information content (AvgIpc) is 3.62. The summed E-state index contributed by atoms with van der Waals surface area (Å²) in [6.45, 7) is 6.12. The van der Waals surface area contributed by atoms with Crippen molar-refractivity contribution in [2.45, 2.75) is 52.2 Å². The summed E-state index contributed by atoms with van der Waals surface area (Å²) in [6.07, 6.45) is 1.96. The number of carbonyl (C=O) groups is 2. The van der Waals surface area contributed by atoms with E-state index in [4.69, 9.17) is 9.47 Å². The van der Waals surface area contributed by atoms with E-state index in [9.17, 15) is 9.59 Å². The van der Waals surface area contributed by atoms with Crippen LogP contribution < -0.4 is 15.4 Å². The highest BCUT2D eigenvalue weighted by Gasteiger charge is 2.39. The predicted octanol–water partition coefficient (Wildman–Crippen LogP) is 4.34. The number of esters is 1. The molecule has 33 heavy (non-hydrogen) atoms. The van der Waals surface area contributed by atoms with Crippen LogP contribution in [-0.4, -0.2) is 24.5 Å². The van der Waals surface area contributed by atoms with E-state index in [1.807, 2.05) is 68.4 Å². The minimum absolute atomic E-state index is 0.167. The topological polar surface area (TPSA) is 76.7 Å². The number of allylic oxidation sites excluding steroid dienone is 2. The summed E-state index contributed by atoms with van der Waals surface area (Å²) in [5.41, 5.74) is 4.15. The molecule has 6 nitrogen and oxygen atoms in total. The van der Waals surface area contributed by atoms with Crippen molar-refractivity contribution in [1.29, 1.82) is 0 Å². The average molecular weight is 447 g/mol. The maximum Gasteiger partial charge on any atom is 0.336 e. The zero-order valence-corrected chi connectivity index (χ0v) is 19.3. The molecule has 1 fully saturated rings. The second kappa shape index (κ2) is 9.94. The molecule has 1 amide bonds. The van der Waals surface area contributed by atoms with E-state index in [0.717, 1.165) is 29.7 Å². The standard InChI is InChI=1S/C27H30N2O4/c1-4-32-27(31)24-18(3)28-17(2)23(26(30)29-20-14-15-20)25(24)21-12-8-9-13-22(21)33-16-19-10-6-5-7-11-19/h5-13,20,25,28H,4,14-16H2,1-3H3,(H,29,30). The van der Waals surface area contributed by atoms with Gasteiger partial charge in [-0.15, -0.1) is 0 Å². The van der Waals surface area contributed by atoms with E-state index in [0.29, 0.717) is 29.2 Å². The number of amides is 1. The molecular formula is C27H30N2O4. The van der Waals surface area contributed by atoms with Crippen LogP contribution in [0.2, 0.25) is 0 Å². The Balaban J connectivity index is 1.76. The first-order valence-corrected chi connectivity index (χ1v) is 11.4. The molecule has 0 aromatic heterocycles. The van der Waals surface area contributed by atoms with Crippen molar-refractivity contribution in [2.24, 2.45) is 0 Å². The molecule has 1 aliphatic heterocycles. The lowest BCUT2D eigenvalue weighted by Gasteiger charge is -2.31. The van der Waals surface area contributed by atoms with E-state index >= 15 is 0 Å². The monoisotopic (exact) mass is 446 g/mol.